The van der Waals surface area contributed by atoms with Crippen LogP contribution in [0.2, 0.25) is 0 Å². The normalized spacial score (nSPS) is 10.6. The van der Waals surface area contributed by atoms with Crippen LogP contribution in [0.25, 0.3) is 5.57 Å². The summed E-state index contributed by atoms with van der Waals surface area (Å²) in [6.07, 6.45) is 4.30. The molecule has 0 aliphatic heterocycles. The van der Waals surface area contributed by atoms with E-state index in [1.54, 1.807) is 17.8 Å². The molecule has 0 aliphatic carbocycles. The van der Waals surface area contributed by atoms with Gasteiger partial charge in [-0.2, -0.15) is 0 Å². The Hall–Kier alpha value is -2.50. The van der Waals surface area contributed by atoms with Gasteiger partial charge in [0, 0.05) is 15.1 Å². The largest absolute Gasteiger partial charge is 0.482 e. The third-order valence-corrected chi connectivity index (χ3v) is 7.00. The van der Waals surface area contributed by atoms with Crippen molar-refractivity contribution in [2.45, 2.75) is 31.6 Å². The number of hydrogen-bond acceptors (Lipinski definition) is 3. The molecule has 0 saturated carbocycles. The first kappa shape index (κ1) is 24.1. The Kier molecular flexibility index (Phi) is 9.00. The van der Waals surface area contributed by atoms with E-state index >= 15 is 0 Å². The number of thioether (sulfide) groups is 1. The van der Waals surface area contributed by atoms with Crippen LogP contribution in [-0.2, 0) is 17.6 Å². The lowest BCUT2D eigenvalue weighted by molar-refractivity contribution is -0.139. The van der Waals surface area contributed by atoms with Gasteiger partial charge in [-0.25, -0.2) is 4.79 Å². The van der Waals surface area contributed by atoms with Crippen molar-refractivity contribution in [3.05, 3.63) is 99.5 Å². The fraction of sp³-hybridized carbons (Fsp3) is 0.222. The third kappa shape index (κ3) is 6.75. The van der Waals surface area contributed by atoms with Crippen molar-refractivity contribution < 1.29 is 14.6 Å². The molecule has 0 unspecified atom stereocenters. The lowest BCUT2D eigenvalue weighted by Gasteiger charge is -2.12. The SMILES string of the molecule is CCc1cccc(C(=CCSc2ccc(OCC(=O)O)cc2Br)c2cccc(CC)c2)c1. The van der Waals surface area contributed by atoms with Gasteiger partial charge in [-0.1, -0.05) is 68.5 Å². The summed E-state index contributed by atoms with van der Waals surface area (Å²) in [7, 11) is 0. The first-order valence-electron chi connectivity index (χ1n) is 10.7. The van der Waals surface area contributed by atoms with Gasteiger partial charge in [0.25, 0.3) is 0 Å². The molecule has 0 aliphatic rings. The summed E-state index contributed by atoms with van der Waals surface area (Å²) < 4.78 is 6.14. The van der Waals surface area contributed by atoms with Crippen molar-refractivity contribution in [2.24, 2.45) is 0 Å². The monoisotopic (exact) mass is 510 g/mol. The van der Waals surface area contributed by atoms with Crippen molar-refractivity contribution in [1.29, 1.82) is 0 Å². The van der Waals surface area contributed by atoms with Crippen LogP contribution in [0.3, 0.4) is 0 Å². The Bertz CT molecular complexity index is 1060. The van der Waals surface area contributed by atoms with Gasteiger partial charge in [0.15, 0.2) is 6.61 Å². The van der Waals surface area contributed by atoms with Crippen LogP contribution in [-0.4, -0.2) is 23.4 Å². The predicted molar refractivity (Wildman–Crippen MR) is 137 cm³/mol. The highest BCUT2D eigenvalue weighted by molar-refractivity contribution is 9.10. The number of carboxylic acids is 1. The standard InChI is InChI=1S/C27H27BrO3S/c1-3-19-7-5-9-21(15-19)24(22-10-6-8-20(4-2)16-22)13-14-32-26-12-11-23(17-25(26)28)31-18-27(29)30/h5-13,15-17H,3-4,14,18H2,1-2H3,(H,29,30). The molecule has 3 nitrogen and oxygen atoms in total. The lowest BCUT2D eigenvalue weighted by atomic mass is 9.94. The predicted octanol–water partition coefficient (Wildman–Crippen LogP) is 7.26. The van der Waals surface area contributed by atoms with E-state index in [1.165, 1.54) is 27.8 Å². The number of halogens is 1. The van der Waals surface area contributed by atoms with Crippen molar-refractivity contribution in [3.8, 4) is 5.75 Å². The number of aliphatic carboxylic acids is 1. The smallest absolute Gasteiger partial charge is 0.341 e. The van der Waals surface area contributed by atoms with Crippen molar-refractivity contribution in [2.75, 3.05) is 12.4 Å². The number of hydrogen-bond donors (Lipinski definition) is 1. The second-order valence-electron chi connectivity index (χ2n) is 7.31. The van der Waals surface area contributed by atoms with Crippen LogP contribution < -0.4 is 4.74 Å². The zero-order valence-electron chi connectivity index (χ0n) is 18.3. The highest BCUT2D eigenvalue weighted by atomic mass is 79.9. The Balaban J connectivity index is 1.84. The van der Waals surface area contributed by atoms with Gasteiger partial charge in [0.2, 0.25) is 0 Å². The topological polar surface area (TPSA) is 46.5 Å². The second-order valence-corrected chi connectivity index (χ2v) is 9.23. The van der Waals surface area contributed by atoms with Crippen LogP contribution in [0.5, 0.6) is 5.75 Å². The van der Waals surface area contributed by atoms with Crippen LogP contribution in [0.4, 0.5) is 0 Å². The van der Waals surface area contributed by atoms with Gasteiger partial charge in [-0.15, -0.1) is 11.8 Å². The molecule has 3 aromatic rings. The summed E-state index contributed by atoms with van der Waals surface area (Å²) >= 11 is 5.30. The molecule has 32 heavy (non-hydrogen) atoms. The van der Waals surface area contributed by atoms with Crippen molar-refractivity contribution in [3.63, 3.8) is 0 Å². The Labute approximate surface area is 202 Å². The second kappa shape index (κ2) is 11.9. The van der Waals surface area contributed by atoms with E-state index < -0.39 is 5.97 Å². The Morgan fingerprint density at radius 3 is 2.12 bits per heavy atom. The highest BCUT2D eigenvalue weighted by Gasteiger charge is 2.09. The van der Waals surface area contributed by atoms with Crippen LogP contribution in [0.1, 0.15) is 36.1 Å². The molecule has 166 valence electrons. The minimum Gasteiger partial charge on any atom is -0.482 e. The number of aryl methyl sites for hydroxylation is 2. The molecule has 0 spiro atoms. The maximum Gasteiger partial charge on any atom is 0.341 e. The highest BCUT2D eigenvalue weighted by Crippen LogP contribution is 2.33. The van der Waals surface area contributed by atoms with Crippen LogP contribution in [0, 0.1) is 0 Å². The summed E-state index contributed by atoms with van der Waals surface area (Å²) in [4.78, 5) is 11.8. The molecule has 3 rings (SSSR count). The summed E-state index contributed by atoms with van der Waals surface area (Å²) in [5, 5.41) is 8.77. The number of carboxylic acid groups (broad SMARTS) is 1. The van der Waals surface area contributed by atoms with Gasteiger partial charge in [-0.3, -0.25) is 0 Å². The van der Waals surface area contributed by atoms with E-state index in [0.29, 0.717) is 5.75 Å². The zero-order chi connectivity index (χ0) is 22.9. The van der Waals surface area contributed by atoms with E-state index in [1.807, 2.05) is 12.1 Å². The molecule has 0 aromatic heterocycles. The number of carbonyl (C=O) groups is 1. The molecule has 1 N–H and O–H groups in total. The van der Waals surface area contributed by atoms with E-state index in [2.05, 4.69) is 84.4 Å². The minimum atomic E-state index is -0.989. The van der Waals surface area contributed by atoms with Crippen molar-refractivity contribution in [1.82, 2.24) is 0 Å². The molecule has 0 radical (unpaired) electrons. The van der Waals surface area contributed by atoms with Crippen molar-refractivity contribution >= 4 is 39.2 Å². The molecule has 5 heteroatoms. The maximum absolute atomic E-state index is 10.7. The van der Waals surface area contributed by atoms with Gasteiger partial charge in [0.05, 0.1) is 0 Å². The van der Waals surface area contributed by atoms with E-state index in [4.69, 9.17) is 9.84 Å². The van der Waals surface area contributed by atoms with E-state index in [0.717, 1.165) is 28.0 Å². The molecular weight excluding hydrogens is 484 g/mol. The lowest BCUT2D eigenvalue weighted by Crippen LogP contribution is -2.09. The fourth-order valence-corrected chi connectivity index (χ4v) is 4.86. The molecule has 3 aromatic carbocycles. The summed E-state index contributed by atoms with van der Waals surface area (Å²) in [5.41, 5.74) is 6.35. The summed E-state index contributed by atoms with van der Waals surface area (Å²) in [6.45, 7) is 4.01. The first-order valence-corrected chi connectivity index (χ1v) is 12.4. The average Bonchev–Trinajstić information content (AvgIpc) is 2.81. The zero-order valence-corrected chi connectivity index (χ0v) is 20.7. The van der Waals surface area contributed by atoms with Crippen LogP contribution in [0.15, 0.2) is 82.2 Å². The molecular formula is C27H27BrO3S. The average molecular weight is 511 g/mol. The van der Waals surface area contributed by atoms with Gasteiger partial charge in [-0.05, 0) is 74.8 Å². The third-order valence-electron chi connectivity index (χ3n) is 5.08. The molecule has 0 atom stereocenters. The summed E-state index contributed by atoms with van der Waals surface area (Å²) in [6, 6.07) is 23.1. The Morgan fingerprint density at radius 2 is 1.59 bits per heavy atom. The molecule has 0 saturated heterocycles. The van der Waals surface area contributed by atoms with Gasteiger partial charge < -0.3 is 9.84 Å². The maximum atomic E-state index is 10.7. The molecule has 0 amide bonds. The number of benzene rings is 3. The van der Waals surface area contributed by atoms with Gasteiger partial charge in [0.1, 0.15) is 5.75 Å². The van der Waals surface area contributed by atoms with E-state index in [9.17, 15) is 4.79 Å². The first-order chi connectivity index (χ1) is 15.5. The fourth-order valence-electron chi connectivity index (χ4n) is 3.37. The summed E-state index contributed by atoms with van der Waals surface area (Å²) in [5.74, 6) is 0.347. The van der Waals surface area contributed by atoms with Gasteiger partial charge >= 0.3 is 5.97 Å². The minimum absolute atomic E-state index is 0.349. The van der Waals surface area contributed by atoms with E-state index in [-0.39, 0.29) is 6.61 Å². The van der Waals surface area contributed by atoms with Crippen LogP contribution >= 0.6 is 27.7 Å². The Morgan fingerprint density at radius 1 is 0.969 bits per heavy atom. The molecule has 0 bridgehead atoms. The number of rotatable bonds is 10. The molecule has 0 fully saturated rings. The quantitative estimate of drug-likeness (QED) is 0.291. The number of ether oxygens (including phenoxy) is 1. The molecule has 0 heterocycles.